The van der Waals surface area contributed by atoms with Gasteiger partial charge in [-0.05, 0) is 46.2 Å². The molecular formula is C15H23ClN2O. The van der Waals surface area contributed by atoms with Gasteiger partial charge in [-0.25, -0.2) is 0 Å². The summed E-state index contributed by atoms with van der Waals surface area (Å²) in [6.45, 7) is 9.32. The van der Waals surface area contributed by atoms with E-state index < -0.39 is 11.0 Å². The van der Waals surface area contributed by atoms with E-state index in [1.54, 1.807) is 0 Å². The van der Waals surface area contributed by atoms with Gasteiger partial charge in [-0.2, -0.15) is 0 Å². The summed E-state index contributed by atoms with van der Waals surface area (Å²) in [4.78, 5) is 12.4. The van der Waals surface area contributed by atoms with E-state index in [1.807, 2.05) is 58.9 Å². The maximum absolute atomic E-state index is 12.4. The minimum atomic E-state index is -0.664. The van der Waals surface area contributed by atoms with Gasteiger partial charge in [-0.15, -0.1) is 0 Å². The summed E-state index contributed by atoms with van der Waals surface area (Å²) in [5.41, 5.74) is 5.71. The van der Waals surface area contributed by atoms with E-state index in [1.165, 1.54) is 0 Å². The van der Waals surface area contributed by atoms with Crippen LogP contribution < -0.4 is 11.1 Å². The monoisotopic (exact) mass is 282 g/mol. The van der Waals surface area contributed by atoms with Crippen LogP contribution in [0.3, 0.4) is 0 Å². The molecule has 0 aliphatic rings. The molecule has 0 bridgehead atoms. The van der Waals surface area contributed by atoms with Crippen molar-refractivity contribution in [3.63, 3.8) is 0 Å². The molecule has 3 nitrogen and oxygen atoms in total. The maximum atomic E-state index is 12.4. The molecular weight excluding hydrogens is 260 g/mol. The van der Waals surface area contributed by atoms with E-state index in [4.69, 9.17) is 17.3 Å². The molecule has 4 heteroatoms. The summed E-state index contributed by atoms with van der Waals surface area (Å²) in [6.07, 6.45) is 0. The minimum Gasteiger partial charge on any atom is -0.349 e. The van der Waals surface area contributed by atoms with Crippen molar-refractivity contribution in [1.29, 1.82) is 0 Å². The number of nitrogens with two attached hydrogens (primary N) is 1. The quantitative estimate of drug-likeness (QED) is 0.890. The lowest BCUT2D eigenvalue weighted by Gasteiger charge is -2.37. The maximum Gasteiger partial charge on any atom is 0.227 e. The molecule has 1 aromatic rings. The van der Waals surface area contributed by atoms with E-state index >= 15 is 0 Å². The number of amides is 1. The van der Waals surface area contributed by atoms with Crippen LogP contribution in [0.5, 0.6) is 0 Å². The SMILES string of the molecule is CC(NC(=O)C(C)(C)C(C)(C)N)c1ccccc1Cl. The summed E-state index contributed by atoms with van der Waals surface area (Å²) in [5, 5.41) is 3.63. The third kappa shape index (κ3) is 3.48. The smallest absolute Gasteiger partial charge is 0.227 e. The van der Waals surface area contributed by atoms with Crippen molar-refractivity contribution >= 4 is 17.5 Å². The molecule has 1 atom stereocenters. The van der Waals surface area contributed by atoms with Crippen LogP contribution in [0.4, 0.5) is 0 Å². The van der Waals surface area contributed by atoms with Crippen molar-refractivity contribution < 1.29 is 4.79 Å². The third-order valence-corrected chi connectivity index (χ3v) is 4.24. The Bertz CT molecular complexity index is 463. The van der Waals surface area contributed by atoms with Crippen LogP contribution in [-0.2, 0) is 4.79 Å². The molecule has 0 spiro atoms. The van der Waals surface area contributed by atoms with Gasteiger partial charge >= 0.3 is 0 Å². The van der Waals surface area contributed by atoms with Gasteiger partial charge in [0.1, 0.15) is 0 Å². The lowest BCUT2D eigenvalue weighted by Crippen LogP contribution is -2.55. The van der Waals surface area contributed by atoms with Gasteiger partial charge in [0.05, 0.1) is 11.5 Å². The second-order valence-corrected chi connectivity index (χ2v) is 6.47. The zero-order valence-electron chi connectivity index (χ0n) is 12.3. The molecule has 0 aromatic heterocycles. The summed E-state index contributed by atoms with van der Waals surface area (Å²) >= 11 is 6.13. The fourth-order valence-electron chi connectivity index (χ4n) is 1.57. The zero-order valence-corrected chi connectivity index (χ0v) is 13.0. The molecule has 0 heterocycles. The molecule has 1 amide bonds. The average Bonchev–Trinajstić information content (AvgIpc) is 2.27. The van der Waals surface area contributed by atoms with Crippen molar-refractivity contribution in [1.82, 2.24) is 5.32 Å². The van der Waals surface area contributed by atoms with E-state index in [0.717, 1.165) is 5.56 Å². The number of carbonyl (C=O) groups excluding carboxylic acids is 1. The third-order valence-electron chi connectivity index (χ3n) is 3.90. The lowest BCUT2D eigenvalue weighted by molar-refractivity contribution is -0.132. The van der Waals surface area contributed by atoms with E-state index in [9.17, 15) is 4.79 Å². The number of rotatable bonds is 4. The molecule has 1 rings (SSSR count). The van der Waals surface area contributed by atoms with Gasteiger partial charge in [-0.1, -0.05) is 29.8 Å². The Kier molecular flexibility index (Phi) is 4.64. The highest BCUT2D eigenvalue weighted by Gasteiger charge is 2.40. The van der Waals surface area contributed by atoms with Crippen molar-refractivity contribution in [3.05, 3.63) is 34.9 Å². The Balaban J connectivity index is 2.87. The van der Waals surface area contributed by atoms with Gasteiger partial charge in [0, 0.05) is 10.6 Å². The highest BCUT2D eigenvalue weighted by molar-refractivity contribution is 6.31. The van der Waals surface area contributed by atoms with Gasteiger partial charge in [0.25, 0.3) is 0 Å². The summed E-state index contributed by atoms with van der Waals surface area (Å²) in [5.74, 6) is -0.0765. The highest BCUT2D eigenvalue weighted by atomic mass is 35.5. The lowest BCUT2D eigenvalue weighted by atomic mass is 9.74. The number of hydrogen-bond donors (Lipinski definition) is 2. The van der Waals surface area contributed by atoms with Gasteiger partial charge < -0.3 is 11.1 Å². The molecule has 0 saturated carbocycles. The standard InChI is InChI=1S/C15H23ClN2O/c1-10(11-8-6-7-9-12(11)16)18-13(19)14(2,3)15(4,5)17/h6-10H,17H2,1-5H3,(H,18,19). The first kappa shape index (κ1) is 16.0. The number of halogens is 1. The molecule has 0 fully saturated rings. The predicted octanol–water partition coefficient (Wildman–Crippen LogP) is 3.28. The van der Waals surface area contributed by atoms with E-state index in [-0.39, 0.29) is 11.9 Å². The molecule has 0 radical (unpaired) electrons. The molecule has 19 heavy (non-hydrogen) atoms. The molecule has 0 aliphatic carbocycles. The van der Waals surface area contributed by atoms with Crippen LogP contribution in [0.15, 0.2) is 24.3 Å². The Hall–Kier alpha value is -1.06. The number of hydrogen-bond acceptors (Lipinski definition) is 2. The molecule has 0 saturated heterocycles. The zero-order chi connectivity index (χ0) is 14.8. The first-order valence-corrected chi connectivity index (χ1v) is 6.79. The van der Waals surface area contributed by atoms with Gasteiger partial charge in [0.15, 0.2) is 0 Å². The van der Waals surface area contributed by atoms with Crippen molar-refractivity contribution in [2.24, 2.45) is 11.1 Å². The number of benzene rings is 1. The summed E-state index contributed by atoms with van der Waals surface area (Å²) in [7, 11) is 0. The van der Waals surface area contributed by atoms with Crippen LogP contribution in [0.1, 0.15) is 46.2 Å². The normalized spacial score (nSPS) is 14.1. The first-order chi connectivity index (χ1) is 8.57. The Morgan fingerprint density at radius 3 is 2.26 bits per heavy atom. The predicted molar refractivity (Wildman–Crippen MR) is 80.1 cm³/mol. The summed E-state index contributed by atoms with van der Waals surface area (Å²) in [6, 6.07) is 7.35. The fourth-order valence-corrected chi connectivity index (χ4v) is 1.87. The second-order valence-electron chi connectivity index (χ2n) is 6.06. The fraction of sp³-hybridized carbons (Fsp3) is 0.533. The van der Waals surface area contributed by atoms with E-state index in [0.29, 0.717) is 5.02 Å². The van der Waals surface area contributed by atoms with Crippen LogP contribution in [0.25, 0.3) is 0 Å². The Labute approximate surface area is 120 Å². The van der Waals surface area contributed by atoms with Gasteiger partial charge in [-0.3, -0.25) is 4.79 Å². The topological polar surface area (TPSA) is 55.1 Å². The molecule has 0 aliphatic heterocycles. The van der Waals surface area contributed by atoms with E-state index in [2.05, 4.69) is 5.32 Å². The van der Waals surface area contributed by atoms with Crippen molar-refractivity contribution in [2.75, 3.05) is 0 Å². The van der Waals surface area contributed by atoms with Crippen LogP contribution in [0.2, 0.25) is 5.02 Å². The highest BCUT2D eigenvalue weighted by Crippen LogP contribution is 2.30. The average molecular weight is 283 g/mol. The Morgan fingerprint density at radius 2 is 1.79 bits per heavy atom. The number of nitrogens with one attached hydrogen (secondary N) is 1. The largest absolute Gasteiger partial charge is 0.349 e. The molecule has 106 valence electrons. The molecule has 1 unspecified atom stereocenters. The van der Waals surface area contributed by atoms with Gasteiger partial charge in [0.2, 0.25) is 5.91 Å². The minimum absolute atomic E-state index is 0.0765. The van der Waals surface area contributed by atoms with Crippen LogP contribution >= 0.6 is 11.6 Å². The van der Waals surface area contributed by atoms with Crippen LogP contribution in [0, 0.1) is 5.41 Å². The van der Waals surface area contributed by atoms with Crippen molar-refractivity contribution in [2.45, 2.75) is 46.2 Å². The molecule has 1 aromatic carbocycles. The first-order valence-electron chi connectivity index (χ1n) is 6.41. The Morgan fingerprint density at radius 1 is 1.26 bits per heavy atom. The molecule has 3 N–H and O–H groups in total. The number of carbonyl (C=O) groups is 1. The summed E-state index contributed by atoms with van der Waals surface area (Å²) < 4.78 is 0. The van der Waals surface area contributed by atoms with Crippen molar-refractivity contribution in [3.8, 4) is 0 Å². The van der Waals surface area contributed by atoms with Crippen LogP contribution in [-0.4, -0.2) is 11.4 Å². The second kappa shape index (κ2) is 5.51.